The standard InChI is InChI=1S/C14H15N5O2S/c15-11-8-12(20)18-13(17-11)22-7-3-6-19-10-5-2-1-4-9(10)16-14(19)21/h1-2,4-5,8H,3,6-7H2,(H,16,21)(H3,15,17,18,20). The Morgan fingerprint density at radius 2 is 2.05 bits per heavy atom. The molecule has 2 heterocycles. The average molecular weight is 317 g/mol. The van der Waals surface area contributed by atoms with Crippen LogP contribution >= 0.6 is 11.8 Å². The fourth-order valence-electron chi connectivity index (χ4n) is 2.24. The van der Waals surface area contributed by atoms with Gasteiger partial charge in [-0.15, -0.1) is 0 Å². The number of nitrogen functional groups attached to an aromatic ring is 1. The number of nitrogens with zero attached hydrogens (tertiary/aromatic N) is 2. The van der Waals surface area contributed by atoms with Crippen LogP contribution in [0.3, 0.4) is 0 Å². The fourth-order valence-corrected chi connectivity index (χ4v) is 3.05. The van der Waals surface area contributed by atoms with E-state index >= 15 is 0 Å². The van der Waals surface area contributed by atoms with Crippen molar-refractivity contribution in [2.24, 2.45) is 0 Å². The quantitative estimate of drug-likeness (QED) is 0.372. The number of fused-ring (bicyclic) bond motifs is 1. The molecular weight excluding hydrogens is 302 g/mol. The first-order chi connectivity index (χ1) is 10.6. The summed E-state index contributed by atoms with van der Waals surface area (Å²) in [5.41, 5.74) is 6.89. The number of para-hydroxylation sites is 2. The van der Waals surface area contributed by atoms with Gasteiger partial charge in [0.05, 0.1) is 11.0 Å². The number of benzene rings is 1. The van der Waals surface area contributed by atoms with Gasteiger partial charge < -0.3 is 15.7 Å². The number of rotatable bonds is 5. The summed E-state index contributed by atoms with van der Waals surface area (Å²) in [7, 11) is 0. The Labute approximate surface area is 129 Å². The Kier molecular flexibility index (Phi) is 4.01. The molecule has 0 amide bonds. The third-order valence-electron chi connectivity index (χ3n) is 3.19. The van der Waals surface area contributed by atoms with Crippen LogP contribution in [-0.4, -0.2) is 25.3 Å². The van der Waals surface area contributed by atoms with Crippen molar-refractivity contribution in [2.75, 3.05) is 11.5 Å². The lowest BCUT2D eigenvalue weighted by Gasteiger charge is -2.04. The fraction of sp³-hybridized carbons (Fsp3) is 0.214. The van der Waals surface area contributed by atoms with Crippen molar-refractivity contribution >= 4 is 28.6 Å². The van der Waals surface area contributed by atoms with Gasteiger partial charge in [-0.2, -0.15) is 0 Å². The van der Waals surface area contributed by atoms with Crippen LogP contribution in [0.15, 0.2) is 45.1 Å². The Hall–Kier alpha value is -2.48. The molecule has 1 aromatic carbocycles. The second-order valence-electron chi connectivity index (χ2n) is 4.78. The lowest BCUT2D eigenvalue weighted by molar-refractivity contribution is 0.679. The molecule has 0 saturated carbocycles. The molecule has 3 rings (SSSR count). The number of imidazole rings is 1. The summed E-state index contributed by atoms with van der Waals surface area (Å²) in [5, 5.41) is 0.497. The molecule has 0 radical (unpaired) electrons. The molecule has 0 atom stereocenters. The maximum atomic E-state index is 11.9. The highest BCUT2D eigenvalue weighted by Gasteiger charge is 2.06. The third-order valence-corrected chi connectivity index (χ3v) is 4.15. The van der Waals surface area contributed by atoms with Crippen LogP contribution in [-0.2, 0) is 6.54 Å². The van der Waals surface area contributed by atoms with E-state index in [-0.39, 0.29) is 17.1 Å². The van der Waals surface area contributed by atoms with Gasteiger partial charge in [0.15, 0.2) is 5.16 Å². The smallest absolute Gasteiger partial charge is 0.326 e. The highest BCUT2D eigenvalue weighted by Crippen LogP contribution is 2.14. The van der Waals surface area contributed by atoms with Crippen molar-refractivity contribution in [1.82, 2.24) is 19.5 Å². The summed E-state index contributed by atoms with van der Waals surface area (Å²) >= 11 is 1.41. The van der Waals surface area contributed by atoms with Crippen LogP contribution < -0.4 is 17.0 Å². The van der Waals surface area contributed by atoms with E-state index in [1.165, 1.54) is 17.8 Å². The minimum absolute atomic E-state index is 0.110. The van der Waals surface area contributed by atoms with E-state index in [9.17, 15) is 9.59 Å². The molecule has 2 aromatic heterocycles. The zero-order chi connectivity index (χ0) is 15.5. The van der Waals surface area contributed by atoms with Gasteiger partial charge in [-0.25, -0.2) is 9.78 Å². The number of aryl methyl sites for hydroxylation is 1. The molecule has 0 bridgehead atoms. The molecule has 0 aliphatic heterocycles. The molecule has 0 unspecified atom stereocenters. The molecule has 22 heavy (non-hydrogen) atoms. The molecular formula is C14H15N5O2S. The van der Waals surface area contributed by atoms with Gasteiger partial charge in [0.2, 0.25) is 0 Å². The SMILES string of the molecule is Nc1cc(=O)[nH]c(SCCCn2c(=O)[nH]c3ccccc32)n1. The topological polar surface area (TPSA) is 110 Å². The predicted molar refractivity (Wildman–Crippen MR) is 87.2 cm³/mol. The molecule has 7 nitrogen and oxygen atoms in total. The van der Waals surface area contributed by atoms with Gasteiger partial charge in [-0.05, 0) is 18.6 Å². The number of nitrogens with two attached hydrogens (primary N) is 1. The zero-order valence-corrected chi connectivity index (χ0v) is 12.5. The van der Waals surface area contributed by atoms with Gasteiger partial charge in [0.1, 0.15) is 5.82 Å². The molecule has 0 aliphatic carbocycles. The van der Waals surface area contributed by atoms with Crippen LogP contribution in [0.1, 0.15) is 6.42 Å². The summed E-state index contributed by atoms with van der Waals surface area (Å²) < 4.78 is 1.71. The molecule has 0 fully saturated rings. The molecule has 3 aromatic rings. The van der Waals surface area contributed by atoms with Crippen molar-refractivity contribution < 1.29 is 0 Å². The number of thioether (sulfide) groups is 1. The second kappa shape index (κ2) is 6.10. The van der Waals surface area contributed by atoms with Crippen LogP contribution in [0.4, 0.5) is 5.82 Å². The van der Waals surface area contributed by atoms with Crippen molar-refractivity contribution in [3.63, 3.8) is 0 Å². The predicted octanol–water partition coefficient (Wildman–Crippen LogP) is 1.18. The summed E-state index contributed by atoms with van der Waals surface area (Å²) in [4.78, 5) is 32.7. The first kappa shape index (κ1) is 14.5. The number of aromatic nitrogens is 4. The van der Waals surface area contributed by atoms with Gasteiger partial charge in [-0.3, -0.25) is 9.36 Å². The molecule has 8 heteroatoms. The second-order valence-corrected chi connectivity index (χ2v) is 5.86. The summed E-state index contributed by atoms with van der Waals surface area (Å²) in [6, 6.07) is 8.83. The highest BCUT2D eigenvalue weighted by molar-refractivity contribution is 7.99. The maximum absolute atomic E-state index is 11.9. The minimum Gasteiger partial charge on any atom is -0.383 e. The van der Waals surface area contributed by atoms with E-state index in [1.807, 2.05) is 24.3 Å². The van der Waals surface area contributed by atoms with Crippen molar-refractivity contribution in [1.29, 1.82) is 0 Å². The van der Waals surface area contributed by atoms with E-state index < -0.39 is 0 Å². The van der Waals surface area contributed by atoms with Crippen molar-refractivity contribution in [2.45, 2.75) is 18.1 Å². The molecule has 114 valence electrons. The molecule has 0 saturated heterocycles. The largest absolute Gasteiger partial charge is 0.383 e. The number of nitrogens with one attached hydrogen (secondary N) is 2. The average Bonchev–Trinajstić information content (AvgIpc) is 2.78. The number of aromatic amines is 2. The van der Waals surface area contributed by atoms with E-state index in [4.69, 9.17) is 5.73 Å². The lowest BCUT2D eigenvalue weighted by atomic mass is 10.3. The zero-order valence-electron chi connectivity index (χ0n) is 11.7. The molecule has 0 spiro atoms. The normalized spacial score (nSPS) is 11.1. The van der Waals surface area contributed by atoms with Gasteiger partial charge >= 0.3 is 5.69 Å². The van der Waals surface area contributed by atoms with Crippen molar-refractivity contribution in [3.8, 4) is 0 Å². The van der Waals surface area contributed by atoms with E-state index in [2.05, 4.69) is 15.0 Å². The third kappa shape index (κ3) is 3.06. The Morgan fingerprint density at radius 3 is 2.86 bits per heavy atom. The Morgan fingerprint density at radius 1 is 1.23 bits per heavy atom. The number of hydrogen-bond donors (Lipinski definition) is 3. The summed E-state index contributed by atoms with van der Waals surface area (Å²) in [6.45, 7) is 0.600. The number of hydrogen-bond acceptors (Lipinski definition) is 5. The number of anilines is 1. The Bertz CT molecular complexity index is 911. The monoisotopic (exact) mass is 317 g/mol. The molecule has 0 aliphatic rings. The van der Waals surface area contributed by atoms with Gasteiger partial charge in [0, 0.05) is 18.4 Å². The lowest BCUT2D eigenvalue weighted by Crippen LogP contribution is -2.17. The van der Waals surface area contributed by atoms with Gasteiger partial charge in [-0.1, -0.05) is 23.9 Å². The summed E-state index contributed by atoms with van der Waals surface area (Å²) in [5.74, 6) is 0.928. The highest BCUT2D eigenvalue weighted by atomic mass is 32.2. The van der Waals surface area contributed by atoms with E-state index in [0.29, 0.717) is 11.7 Å². The van der Waals surface area contributed by atoms with Gasteiger partial charge in [0.25, 0.3) is 5.56 Å². The van der Waals surface area contributed by atoms with Crippen molar-refractivity contribution in [3.05, 3.63) is 51.2 Å². The van der Waals surface area contributed by atoms with E-state index in [1.54, 1.807) is 4.57 Å². The minimum atomic E-state index is -0.261. The van der Waals surface area contributed by atoms with E-state index in [0.717, 1.165) is 23.2 Å². The number of H-pyrrole nitrogens is 2. The molecule has 4 N–H and O–H groups in total. The van der Waals surface area contributed by atoms with Crippen LogP contribution in [0, 0.1) is 0 Å². The van der Waals surface area contributed by atoms with Crippen LogP contribution in [0.25, 0.3) is 11.0 Å². The first-order valence-electron chi connectivity index (χ1n) is 6.81. The maximum Gasteiger partial charge on any atom is 0.326 e. The van der Waals surface area contributed by atoms with Crippen LogP contribution in [0.2, 0.25) is 0 Å². The summed E-state index contributed by atoms with van der Waals surface area (Å²) in [6.07, 6.45) is 0.769. The Balaban J connectivity index is 1.64. The van der Waals surface area contributed by atoms with Crippen LogP contribution in [0.5, 0.6) is 0 Å². The first-order valence-corrected chi connectivity index (χ1v) is 7.79.